The average Bonchev–Trinajstić information content (AvgIpc) is 3.07. The molecule has 0 aliphatic heterocycles. The van der Waals surface area contributed by atoms with Crippen LogP contribution in [0.5, 0.6) is 5.88 Å². The largest absolute Gasteiger partial charge is 0.471 e. The summed E-state index contributed by atoms with van der Waals surface area (Å²) in [5, 5.41) is 14.0. The Bertz CT molecular complexity index is 978. The maximum Gasteiger partial charge on any atom is 0.320 e. The molecular formula is C17H18F3N5O5S. The molecule has 1 aromatic carbocycles. The highest BCUT2D eigenvalue weighted by atomic mass is 32.1. The molecule has 0 radical (unpaired) electrons. The molecule has 4 amide bonds. The van der Waals surface area contributed by atoms with Crippen molar-refractivity contribution in [2.24, 2.45) is 5.73 Å². The van der Waals surface area contributed by atoms with Crippen LogP contribution in [-0.4, -0.2) is 59.0 Å². The second kappa shape index (κ2) is 10.1. The fourth-order valence-electron chi connectivity index (χ4n) is 2.25. The highest BCUT2D eigenvalue weighted by Crippen LogP contribution is 2.31. The maximum absolute atomic E-state index is 13.7. The summed E-state index contributed by atoms with van der Waals surface area (Å²) >= 11 is 0.591. The van der Waals surface area contributed by atoms with E-state index in [0.29, 0.717) is 23.7 Å². The number of carbonyl (C=O) groups is 3. The smallest absolute Gasteiger partial charge is 0.320 e. The van der Waals surface area contributed by atoms with Crippen molar-refractivity contribution < 1.29 is 37.4 Å². The second-order valence-electron chi connectivity index (χ2n) is 6.28. The van der Waals surface area contributed by atoms with Crippen molar-refractivity contribution in [3.8, 4) is 5.88 Å². The van der Waals surface area contributed by atoms with Gasteiger partial charge in [-0.15, -0.1) is 0 Å². The van der Waals surface area contributed by atoms with Gasteiger partial charge in [0.2, 0.25) is 5.88 Å². The van der Waals surface area contributed by atoms with Crippen LogP contribution in [0.15, 0.2) is 12.1 Å². The van der Waals surface area contributed by atoms with Gasteiger partial charge in [-0.25, -0.2) is 18.0 Å². The van der Waals surface area contributed by atoms with Gasteiger partial charge in [-0.2, -0.15) is 4.37 Å². The standard InChI is InChI=1S/C17H18F3N5O5S/c1-25(2)16(28)11(26)5-22-17(29)23-15-12(13(21)27)14(24-31-15)30-6-8-9(19)3-7(18)4-10(8)20/h3-4,11,26H,5-6H2,1-2H3,(H2,21,27)(H2,22,23,29). The predicted molar refractivity (Wildman–Crippen MR) is 103 cm³/mol. The first-order chi connectivity index (χ1) is 14.5. The van der Waals surface area contributed by atoms with E-state index in [-0.39, 0.29) is 10.6 Å². The monoisotopic (exact) mass is 461 g/mol. The van der Waals surface area contributed by atoms with Gasteiger partial charge in [-0.3, -0.25) is 14.9 Å². The van der Waals surface area contributed by atoms with Crippen LogP contribution < -0.4 is 21.1 Å². The molecule has 1 atom stereocenters. The van der Waals surface area contributed by atoms with E-state index < -0.39 is 66.0 Å². The molecule has 5 N–H and O–H groups in total. The number of urea groups is 1. The van der Waals surface area contributed by atoms with Gasteiger partial charge in [0.25, 0.3) is 11.8 Å². The van der Waals surface area contributed by atoms with Crippen molar-refractivity contribution >= 4 is 34.4 Å². The number of rotatable bonds is 8. The summed E-state index contributed by atoms with van der Waals surface area (Å²) < 4.78 is 49.4. The third-order valence-electron chi connectivity index (χ3n) is 3.78. The number of likely N-dealkylation sites (N-methyl/N-ethyl adjacent to an activating group) is 1. The highest BCUT2D eigenvalue weighted by molar-refractivity contribution is 7.11. The first-order valence-corrected chi connectivity index (χ1v) is 9.28. The van der Waals surface area contributed by atoms with Crippen molar-refractivity contribution in [2.45, 2.75) is 12.7 Å². The topological polar surface area (TPSA) is 147 Å². The minimum absolute atomic E-state index is 0.145. The Morgan fingerprint density at radius 1 is 1.26 bits per heavy atom. The molecule has 14 heteroatoms. The van der Waals surface area contributed by atoms with Crippen LogP contribution in [0.2, 0.25) is 0 Å². The zero-order valence-corrected chi connectivity index (χ0v) is 17.1. The van der Waals surface area contributed by atoms with Crippen molar-refractivity contribution in [3.05, 3.63) is 40.7 Å². The number of nitrogens with zero attached hydrogens (tertiary/aromatic N) is 2. The fraction of sp³-hybridized carbons (Fsp3) is 0.294. The zero-order chi connectivity index (χ0) is 23.3. The average molecular weight is 461 g/mol. The number of nitrogens with one attached hydrogen (secondary N) is 2. The number of anilines is 1. The van der Waals surface area contributed by atoms with E-state index in [4.69, 9.17) is 10.5 Å². The van der Waals surface area contributed by atoms with Gasteiger partial charge < -0.3 is 25.8 Å². The molecule has 1 unspecified atom stereocenters. The summed E-state index contributed by atoms with van der Waals surface area (Å²) in [6.07, 6.45) is -1.49. The number of halogens is 3. The second-order valence-corrected chi connectivity index (χ2v) is 7.05. The third kappa shape index (κ3) is 6.05. The summed E-state index contributed by atoms with van der Waals surface area (Å²) in [6, 6.07) is 0.0359. The zero-order valence-electron chi connectivity index (χ0n) is 16.2. The Kier molecular flexibility index (Phi) is 7.77. The number of hydrogen-bond acceptors (Lipinski definition) is 7. The van der Waals surface area contributed by atoms with Crippen LogP contribution in [-0.2, 0) is 11.4 Å². The number of hydrogen-bond donors (Lipinski definition) is 4. The first-order valence-electron chi connectivity index (χ1n) is 8.51. The number of aromatic nitrogens is 1. The molecule has 1 heterocycles. The van der Waals surface area contributed by atoms with Gasteiger partial charge in [0.05, 0.1) is 12.1 Å². The van der Waals surface area contributed by atoms with Crippen molar-refractivity contribution in [1.82, 2.24) is 14.6 Å². The molecule has 168 valence electrons. The summed E-state index contributed by atoms with van der Waals surface area (Å²) in [4.78, 5) is 36.4. The lowest BCUT2D eigenvalue weighted by Crippen LogP contribution is -2.43. The number of aliphatic hydroxyl groups excluding tert-OH is 1. The van der Waals surface area contributed by atoms with Crippen LogP contribution in [0.4, 0.5) is 23.0 Å². The number of ether oxygens (including phenoxy) is 1. The molecule has 0 saturated carbocycles. The number of aliphatic hydroxyl groups is 1. The Morgan fingerprint density at radius 3 is 2.42 bits per heavy atom. The minimum atomic E-state index is -1.49. The Labute approximate surface area is 177 Å². The highest BCUT2D eigenvalue weighted by Gasteiger charge is 2.24. The third-order valence-corrected chi connectivity index (χ3v) is 4.52. The molecule has 0 aliphatic carbocycles. The van der Waals surface area contributed by atoms with Crippen LogP contribution >= 0.6 is 11.5 Å². The molecule has 10 nitrogen and oxygen atoms in total. The van der Waals surface area contributed by atoms with Gasteiger partial charge in [0.15, 0.2) is 0 Å². The Balaban J connectivity index is 2.08. The van der Waals surface area contributed by atoms with Crippen molar-refractivity contribution in [1.29, 1.82) is 0 Å². The van der Waals surface area contributed by atoms with Crippen LogP contribution in [0.3, 0.4) is 0 Å². The molecule has 0 saturated heterocycles. The van der Waals surface area contributed by atoms with Crippen LogP contribution in [0.25, 0.3) is 0 Å². The maximum atomic E-state index is 13.7. The molecule has 2 aromatic rings. The molecule has 0 aliphatic rings. The lowest BCUT2D eigenvalue weighted by Gasteiger charge is -2.16. The molecule has 0 bridgehead atoms. The Hall–Kier alpha value is -3.39. The predicted octanol–water partition coefficient (Wildman–Crippen LogP) is 0.809. The van der Waals surface area contributed by atoms with Crippen LogP contribution in [0.1, 0.15) is 15.9 Å². The van der Waals surface area contributed by atoms with Gasteiger partial charge in [-0.1, -0.05) is 0 Å². The van der Waals surface area contributed by atoms with E-state index >= 15 is 0 Å². The van der Waals surface area contributed by atoms with Crippen molar-refractivity contribution in [2.75, 3.05) is 26.0 Å². The van der Waals surface area contributed by atoms with Crippen LogP contribution in [0, 0.1) is 17.5 Å². The minimum Gasteiger partial charge on any atom is -0.471 e. The van der Waals surface area contributed by atoms with Gasteiger partial charge in [0, 0.05) is 26.2 Å². The SMILES string of the molecule is CN(C)C(=O)C(O)CNC(=O)Nc1snc(OCc2c(F)cc(F)cc2F)c1C(N)=O. The number of benzene rings is 1. The quantitative estimate of drug-likeness (QED) is 0.458. The Morgan fingerprint density at radius 2 is 1.87 bits per heavy atom. The molecular weight excluding hydrogens is 443 g/mol. The van der Waals surface area contributed by atoms with E-state index in [1.165, 1.54) is 14.1 Å². The molecule has 0 fully saturated rings. The number of primary amides is 1. The number of amides is 4. The normalized spacial score (nSPS) is 11.5. The van der Waals surface area contributed by atoms with E-state index in [1.54, 1.807) is 0 Å². The van der Waals surface area contributed by atoms with E-state index in [1.807, 2.05) is 0 Å². The van der Waals surface area contributed by atoms with E-state index in [0.717, 1.165) is 4.90 Å². The first kappa shape index (κ1) is 23.9. The molecule has 1 aromatic heterocycles. The van der Waals surface area contributed by atoms with Gasteiger partial charge >= 0.3 is 6.03 Å². The van der Waals surface area contributed by atoms with Crippen molar-refractivity contribution in [3.63, 3.8) is 0 Å². The molecule has 2 rings (SSSR count). The van der Waals surface area contributed by atoms with E-state index in [9.17, 15) is 32.7 Å². The fourth-order valence-corrected chi connectivity index (χ4v) is 2.98. The summed E-state index contributed by atoms with van der Waals surface area (Å²) in [7, 11) is 2.85. The number of nitrogens with two attached hydrogens (primary N) is 1. The summed E-state index contributed by atoms with van der Waals surface area (Å²) in [6.45, 7) is -1.15. The number of carbonyl (C=O) groups excluding carboxylic acids is 3. The van der Waals surface area contributed by atoms with E-state index in [2.05, 4.69) is 15.0 Å². The molecule has 31 heavy (non-hydrogen) atoms. The summed E-state index contributed by atoms with van der Waals surface area (Å²) in [5.74, 6) is -5.60. The van der Waals surface area contributed by atoms with Gasteiger partial charge in [-0.05, 0) is 11.5 Å². The van der Waals surface area contributed by atoms with Gasteiger partial charge in [0.1, 0.15) is 40.7 Å². The lowest BCUT2D eigenvalue weighted by atomic mass is 10.2. The summed E-state index contributed by atoms with van der Waals surface area (Å²) in [5.41, 5.74) is 4.30. The molecule has 0 spiro atoms. The lowest BCUT2D eigenvalue weighted by molar-refractivity contribution is -0.137.